The van der Waals surface area contributed by atoms with Crippen LogP contribution in [-0.4, -0.2) is 20.9 Å². The Bertz CT molecular complexity index is 1000. The summed E-state index contributed by atoms with van der Waals surface area (Å²) < 4.78 is 13.3. The Hall–Kier alpha value is -3.35. The quantitative estimate of drug-likeness (QED) is 0.688. The monoisotopic (exact) mass is 380 g/mol. The highest BCUT2D eigenvalue weighted by Gasteiger charge is 2.19. The highest BCUT2D eigenvalue weighted by molar-refractivity contribution is 5.78. The Kier molecular flexibility index (Phi) is 5.93. The molecule has 0 saturated heterocycles. The third kappa shape index (κ3) is 4.88. The number of carbonyl (C=O) groups is 1. The minimum absolute atomic E-state index is 0.135. The van der Waals surface area contributed by atoms with E-state index in [1.165, 1.54) is 18.2 Å². The molecule has 0 aliphatic rings. The Morgan fingerprint density at radius 3 is 2.57 bits per heavy atom. The molecule has 0 aliphatic heterocycles. The van der Waals surface area contributed by atoms with Crippen molar-refractivity contribution in [2.45, 2.75) is 26.3 Å². The number of aromatic amines is 1. The number of hydrogen-bond donors (Lipinski definition) is 2. The molecule has 1 aromatic carbocycles. The smallest absolute Gasteiger partial charge is 0.251 e. The fraction of sp³-hybridized carbons (Fsp3) is 0.238. The van der Waals surface area contributed by atoms with Crippen molar-refractivity contribution in [3.63, 3.8) is 0 Å². The van der Waals surface area contributed by atoms with Gasteiger partial charge in [-0.05, 0) is 29.8 Å². The Morgan fingerprint density at radius 2 is 1.93 bits per heavy atom. The van der Waals surface area contributed by atoms with Gasteiger partial charge in [-0.25, -0.2) is 9.37 Å². The van der Waals surface area contributed by atoms with Crippen LogP contribution in [0.1, 0.15) is 31.1 Å². The number of nitrogens with one attached hydrogen (secondary N) is 2. The van der Waals surface area contributed by atoms with E-state index in [0.29, 0.717) is 17.2 Å². The first-order chi connectivity index (χ1) is 13.4. The number of amides is 1. The van der Waals surface area contributed by atoms with Gasteiger partial charge in [0.1, 0.15) is 11.5 Å². The molecule has 0 spiro atoms. The second kappa shape index (κ2) is 8.56. The summed E-state index contributed by atoms with van der Waals surface area (Å²) >= 11 is 0. The fourth-order valence-electron chi connectivity index (χ4n) is 2.73. The van der Waals surface area contributed by atoms with Crippen molar-refractivity contribution < 1.29 is 9.18 Å². The predicted molar refractivity (Wildman–Crippen MR) is 104 cm³/mol. The fourth-order valence-corrected chi connectivity index (χ4v) is 2.73. The SMILES string of the molecule is CC(C)C(=O)N[C@@H](Cc1cc(=O)[nH]c(-c2ccccn2)n1)c1ccc(F)cc1. The van der Waals surface area contributed by atoms with Crippen molar-refractivity contribution in [2.75, 3.05) is 0 Å². The largest absolute Gasteiger partial charge is 0.349 e. The Labute approximate surface area is 161 Å². The first kappa shape index (κ1) is 19.4. The van der Waals surface area contributed by atoms with Gasteiger partial charge < -0.3 is 10.3 Å². The van der Waals surface area contributed by atoms with Crippen LogP contribution in [-0.2, 0) is 11.2 Å². The lowest BCUT2D eigenvalue weighted by Crippen LogP contribution is -2.33. The number of carbonyl (C=O) groups excluding carboxylic acids is 1. The van der Waals surface area contributed by atoms with Crippen molar-refractivity contribution in [3.8, 4) is 11.5 Å². The average molecular weight is 380 g/mol. The van der Waals surface area contributed by atoms with Crippen LogP contribution in [0.2, 0.25) is 0 Å². The van der Waals surface area contributed by atoms with Crippen LogP contribution in [0.3, 0.4) is 0 Å². The van der Waals surface area contributed by atoms with Gasteiger partial charge in [-0.15, -0.1) is 0 Å². The number of pyridine rings is 1. The van der Waals surface area contributed by atoms with Gasteiger partial charge in [0.25, 0.3) is 5.56 Å². The van der Waals surface area contributed by atoms with Gasteiger partial charge in [-0.1, -0.05) is 32.0 Å². The molecule has 6 nitrogen and oxygen atoms in total. The molecule has 0 bridgehead atoms. The third-order valence-electron chi connectivity index (χ3n) is 4.23. The van der Waals surface area contributed by atoms with Gasteiger partial charge in [-0.2, -0.15) is 0 Å². The molecule has 1 atom stereocenters. The molecule has 0 radical (unpaired) electrons. The zero-order valence-electron chi connectivity index (χ0n) is 15.6. The maximum absolute atomic E-state index is 13.3. The summed E-state index contributed by atoms with van der Waals surface area (Å²) in [7, 11) is 0. The molecular formula is C21H21FN4O2. The van der Waals surface area contributed by atoms with E-state index in [-0.39, 0.29) is 29.6 Å². The van der Waals surface area contributed by atoms with Crippen LogP contribution in [0.15, 0.2) is 59.5 Å². The van der Waals surface area contributed by atoms with Crippen LogP contribution in [0, 0.1) is 11.7 Å². The van der Waals surface area contributed by atoms with Gasteiger partial charge in [-0.3, -0.25) is 14.6 Å². The zero-order chi connectivity index (χ0) is 20.1. The second-order valence-electron chi connectivity index (χ2n) is 6.77. The number of rotatable bonds is 6. The van der Waals surface area contributed by atoms with Crippen molar-refractivity contribution in [2.24, 2.45) is 5.92 Å². The summed E-state index contributed by atoms with van der Waals surface area (Å²) in [4.78, 5) is 35.8. The van der Waals surface area contributed by atoms with Crippen LogP contribution in [0.5, 0.6) is 0 Å². The molecule has 1 amide bonds. The molecule has 2 aromatic heterocycles. The third-order valence-corrected chi connectivity index (χ3v) is 4.23. The van der Waals surface area contributed by atoms with Crippen LogP contribution in [0.25, 0.3) is 11.5 Å². The predicted octanol–water partition coefficient (Wildman–Crippen LogP) is 3.03. The molecule has 3 rings (SSSR count). The van der Waals surface area contributed by atoms with Crippen LogP contribution >= 0.6 is 0 Å². The normalized spacial score (nSPS) is 12.0. The maximum atomic E-state index is 13.3. The zero-order valence-corrected chi connectivity index (χ0v) is 15.6. The number of hydrogen-bond acceptors (Lipinski definition) is 4. The molecule has 7 heteroatoms. The molecule has 2 heterocycles. The second-order valence-corrected chi connectivity index (χ2v) is 6.77. The Balaban J connectivity index is 1.94. The molecule has 144 valence electrons. The molecule has 0 fully saturated rings. The summed E-state index contributed by atoms with van der Waals surface area (Å²) in [6.45, 7) is 3.59. The van der Waals surface area contributed by atoms with E-state index in [1.807, 2.05) is 0 Å². The van der Waals surface area contributed by atoms with Crippen molar-refractivity contribution >= 4 is 5.91 Å². The van der Waals surface area contributed by atoms with Crippen LogP contribution < -0.4 is 10.9 Å². The van der Waals surface area contributed by atoms with Gasteiger partial charge in [0.2, 0.25) is 5.91 Å². The number of nitrogens with zero attached hydrogens (tertiary/aromatic N) is 2. The first-order valence-electron chi connectivity index (χ1n) is 9.00. The molecular weight excluding hydrogens is 359 g/mol. The molecule has 28 heavy (non-hydrogen) atoms. The highest BCUT2D eigenvalue weighted by atomic mass is 19.1. The summed E-state index contributed by atoms with van der Waals surface area (Å²) in [5, 5.41) is 2.95. The van der Waals surface area contributed by atoms with Gasteiger partial charge in [0.15, 0.2) is 5.82 Å². The van der Waals surface area contributed by atoms with Crippen molar-refractivity contribution in [3.05, 3.63) is 82.2 Å². The van der Waals surface area contributed by atoms with Crippen molar-refractivity contribution in [1.82, 2.24) is 20.3 Å². The average Bonchev–Trinajstić information content (AvgIpc) is 2.68. The minimum Gasteiger partial charge on any atom is -0.349 e. The van der Waals surface area contributed by atoms with E-state index in [4.69, 9.17) is 0 Å². The number of aromatic nitrogens is 3. The molecule has 0 aliphatic carbocycles. The van der Waals surface area contributed by atoms with Gasteiger partial charge in [0, 0.05) is 24.6 Å². The highest BCUT2D eigenvalue weighted by Crippen LogP contribution is 2.19. The molecule has 0 saturated carbocycles. The summed E-state index contributed by atoms with van der Waals surface area (Å²) in [5.74, 6) is -0.344. The van der Waals surface area contributed by atoms with Crippen molar-refractivity contribution in [1.29, 1.82) is 0 Å². The van der Waals surface area contributed by atoms with E-state index in [1.54, 1.807) is 50.4 Å². The van der Waals surface area contributed by atoms with E-state index in [2.05, 4.69) is 20.3 Å². The van der Waals surface area contributed by atoms with Gasteiger partial charge in [0.05, 0.1) is 11.7 Å². The van der Waals surface area contributed by atoms with E-state index in [9.17, 15) is 14.0 Å². The Morgan fingerprint density at radius 1 is 1.18 bits per heavy atom. The minimum atomic E-state index is -0.443. The number of halogens is 1. The maximum Gasteiger partial charge on any atom is 0.251 e. The topological polar surface area (TPSA) is 87.7 Å². The van der Waals surface area contributed by atoms with E-state index < -0.39 is 6.04 Å². The number of benzene rings is 1. The first-order valence-corrected chi connectivity index (χ1v) is 9.00. The molecule has 2 N–H and O–H groups in total. The molecule has 3 aromatic rings. The summed E-state index contributed by atoms with van der Waals surface area (Å²) in [5.41, 5.74) is 1.48. The lowest BCUT2D eigenvalue weighted by Gasteiger charge is -2.20. The van der Waals surface area contributed by atoms with Crippen LogP contribution in [0.4, 0.5) is 4.39 Å². The summed E-state index contributed by atoms with van der Waals surface area (Å²) in [6.07, 6.45) is 1.90. The lowest BCUT2D eigenvalue weighted by molar-refractivity contribution is -0.124. The molecule has 0 unspecified atom stereocenters. The van der Waals surface area contributed by atoms with Gasteiger partial charge >= 0.3 is 0 Å². The summed E-state index contributed by atoms with van der Waals surface area (Å²) in [6, 6.07) is 12.2. The standard InChI is InChI=1S/C21H21FN4O2/c1-13(2)21(28)25-18(14-6-8-15(22)9-7-14)11-16-12-19(27)26-20(24-16)17-5-3-4-10-23-17/h3-10,12-13,18H,11H2,1-2H3,(H,25,28)(H,24,26,27)/t18-/m0/s1. The number of H-pyrrole nitrogens is 1. The van der Waals surface area contributed by atoms with E-state index in [0.717, 1.165) is 5.56 Å². The van der Waals surface area contributed by atoms with E-state index >= 15 is 0 Å². The lowest BCUT2D eigenvalue weighted by atomic mass is 10.0.